The Morgan fingerprint density at radius 2 is 2.33 bits per heavy atom. The van der Waals surface area contributed by atoms with Gasteiger partial charge in [-0.3, -0.25) is 4.79 Å². The normalized spacial score (nSPS) is 10.4. The number of rotatable bonds is 3. The van der Waals surface area contributed by atoms with E-state index in [4.69, 9.17) is 5.73 Å². The van der Waals surface area contributed by atoms with E-state index in [-0.39, 0.29) is 11.7 Å². The van der Waals surface area contributed by atoms with Gasteiger partial charge in [0.25, 0.3) is 5.91 Å². The first-order chi connectivity index (χ1) is 8.60. The fourth-order valence-electron chi connectivity index (χ4n) is 1.29. The van der Waals surface area contributed by atoms with E-state index in [2.05, 4.69) is 26.2 Å². The predicted molar refractivity (Wildman–Crippen MR) is 72.1 cm³/mol. The molecule has 0 aliphatic heterocycles. The number of nitrogens with two attached hydrogens (primary N) is 1. The number of thiazole rings is 1. The highest BCUT2D eigenvalue weighted by atomic mass is 79.9. The molecule has 2 rings (SSSR count). The van der Waals surface area contributed by atoms with Crippen molar-refractivity contribution < 1.29 is 9.18 Å². The molecule has 94 valence electrons. The summed E-state index contributed by atoms with van der Waals surface area (Å²) in [5.74, 6) is -0.725. The summed E-state index contributed by atoms with van der Waals surface area (Å²) in [6.45, 7) is 0.304. The lowest BCUT2D eigenvalue weighted by Gasteiger charge is -2.05. The molecule has 0 bridgehead atoms. The molecule has 1 aromatic heterocycles. The molecule has 0 aliphatic carbocycles. The minimum absolute atomic E-state index is 0.302. The molecule has 7 heteroatoms. The van der Waals surface area contributed by atoms with Crippen LogP contribution in [0.5, 0.6) is 0 Å². The molecule has 0 aliphatic rings. The van der Waals surface area contributed by atoms with Crippen molar-refractivity contribution in [2.45, 2.75) is 6.54 Å². The number of amides is 1. The Bertz CT molecular complexity index is 587. The average molecular weight is 330 g/mol. The van der Waals surface area contributed by atoms with Crippen molar-refractivity contribution in [3.05, 3.63) is 44.6 Å². The van der Waals surface area contributed by atoms with Crippen molar-refractivity contribution in [2.75, 3.05) is 5.32 Å². The summed E-state index contributed by atoms with van der Waals surface area (Å²) in [6.07, 6.45) is 0. The summed E-state index contributed by atoms with van der Waals surface area (Å²) in [7, 11) is 0. The molecule has 0 spiro atoms. The Kier molecular flexibility index (Phi) is 4.05. The highest BCUT2D eigenvalue weighted by Crippen LogP contribution is 2.23. The minimum atomic E-state index is -0.376. The summed E-state index contributed by atoms with van der Waals surface area (Å²) in [5.41, 5.74) is 6.22. The molecule has 4 nitrogen and oxygen atoms in total. The fourth-order valence-corrected chi connectivity index (χ4v) is 2.39. The van der Waals surface area contributed by atoms with E-state index in [0.29, 0.717) is 27.4 Å². The van der Waals surface area contributed by atoms with E-state index in [1.165, 1.54) is 29.5 Å². The monoisotopic (exact) mass is 329 g/mol. The van der Waals surface area contributed by atoms with E-state index in [0.717, 1.165) is 0 Å². The molecule has 0 fully saturated rings. The first kappa shape index (κ1) is 13.1. The Hall–Kier alpha value is -1.31. The number of aromatic nitrogens is 1. The number of nitrogens with zero attached hydrogens (tertiary/aromatic N) is 1. The third-order valence-corrected chi connectivity index (χ3v) is 3.67. The smallest absolute Gasteiger partial charge is 0.275 e. The highest BCUT2D eigenvalue weighted by Gasteiger charge is 2.12. The van der Waals surface area contributed by atoms with E-state index in [1.807, 2.05) is 0 Å². The first-order valence-corrected chi connectivity index (χ1v) is 6.68. The number of carbonyl (C=O) groups is 1. The molecule has 0 unspecified atom stereocenters. The number of anilines is 1. The van der Waals surface area contributed by atoms with Crippen LogP contribution >= 0.6 is 27.3 Å². The van der Waals surface area contributed by atoms with Crippen molar-refractivity contribution in [2.24, 2.45) is 5.73 Å². The summed E-state index contributed by atoms with van der Waals surface area (Å²) in [6, 6.07) is 4.03. The molecule has 0 saturated carbocycles. The first-order valence-electron chi connectivity index (χ1n) is 5.01. The van der Waals surface area contributed by atoms with Gasteiger partial charge in [0.05, 0.1) is 5.69 Å². The standard InChI is InChI=1S/C11H9BrFN3OS/c12-7-3-6(13)1-2-8(7)16-11(17)9-5-18-10(4-14)15-9/h1-3,5H,4,14H2,(H,16,17). The fraction of sp³-hybridized carbons (Fsp3) is 0.0909. The Labute approximate surface area is 115 Å². The van der Waals surface area contributed by atoms with Crippen LogP contribution in [0, 0.1) is 5.82 Å². The molecule has 1 heterocycles. The number of carbonyl (C=O) groups excluding carboxylic acids is 1. The second-order valence-corrected chi connectivity index (χ2v) is 5.21. The number of hydrogen-bond donors (Lipinski definition) is 2. The zero-order chi connectivity index (χ0) is 13.1. The lowest BCUT2D eigenvalue weighted by Crippen LogP contribution is -2.13. The lowest BCUT2D eigenvalue weighted by atomic mass is 10.3. The van der Waals surface area contributed by atoms with Gasteiger partial charge in [0.1, 0.15) is 16.5 Å². The molecule has 3 N–H and O–H groups in total. The van der Waals surface area contributed by atoms with Gasteiger partial charge in [-0.05, 0) is 34.1 Å². The van der Waals surface area contributed by atoms with Crippen LogP contribution in [0.1, 0.15) is 15.5 Å². The molecule has 1 aromatic carbocycles. The summed E-state index contributed by atoms with van der Waals surface area (Å²) >= 11 is 4.50. The lowest BCUT2D eigenvalue weighted by molar-refractivity contribution is 0.102. The van der Waals surface area contributed by atoms with Crippen LogP contribution in [-0.2, 0) is 6.54 Å². The SMILES string of the molecule is NCc1nc(C(=O)Nc2ccc(F)cc2Br)cs1. The van der Waals surface area contributed by atoms with Crippen molar-refractivity contribution in [3.8, 4) is 0 Å². The van der Waals surface area contributed by atoms with E-state index < -0.39 is 0 Å². The Morgan fingerprint density at radius 1 is 1.56 bits per heavy atom. The molecule has 0 radical (unpaired) electrons. The Morgan fingerprint density at radius 3 is 2.94 bits per heavy atom. The second kappa shape index (κ2) is 5.55. The number of benzene rings is 1. The van der Waals surface area contributed by atoms with Gasteiger partial charge in [-0.1, -0.05) is 0 Å². The zero-order valence-corrected chi connectivity index (χ0v) is 11.5. The van der Waals surface area contributed by atoms with Gasteiger partial charge in [-0.2, -0.15) is 0 Å². The number of halogens is 2. The molecule has 0 atom stereocenters. The summed E-state index contributed by atoms with van der Waals surface area (Å²) < 4.78 is 13.4. The number of nitrogens with one attached hydrogen (secondary N) is 1. The van der Waals surface area contributed by atoms with Crippen LogP contribution in [0.15, 0.2) is 28.1 Å². The van der Waals surface area contributed by atoms with Crippen LogP contribution < -0.4 is 11.1 Å². The minimum Gasteiger partial charge on any atom is -0.325 e. The van der Waals surface area contributed by atoms with Gasteiger partial charge in [-0.15, -0.1) is 11.3 Å². The van der Waals surface area contributed by atoms with Crippen LogP contribution in [0.4, 0.5) is 10.1 Å². The van der Waals surface area contributed by atoms with E-state index >= 15 is 0 Å². The molecule has 18 heavy (non-hydrogen) atoms. The maximum absolute atomic E-state index is 12.9. The maximum Gasteiger partial charge on any atom is 0.275 e. The van der Waals surface area contributed by atoms with Crippen LogP contribution in [0.25, 0.3) is 0 Å². The third-order valence-electron chi connectivity index (χ3n) is 2.14. The van der Waals surface area contributed by atoms with E-state index in [1.54, 1.807) is 5.38 Å². The molecule has 0 saturated heterocycles. The molecule has 1 amide bonds. The summed E-state index contributed by atoms with van der Waals surface area (Å²) in [4.78, 5) is 15.9. The molecule has 2 aromatic rings. The largest absolute Gasteiger partial charge is 0.325 e. The predicted octanol–water partition coefficient (Wildman–Crippen LogP) is 2.76. The zero-order valence-electron chi connectivity index (χ0n) is 9.11. The van der Waals surface area contributed by atoms with Gasteiger partial charge < -0.3 is 11.1 Å². The average Bonchev–Trinajstić information content (AvgIpc) is 2.81. The van der Waals surface area contributed by atoms with Crippen LogP contribution in [0.3, 0.4) is 0 Å². The summed E-state index contributed by atoms with van der Waals surface area (Å²) in [5, 5.41) is 4.97. The van der Waals surface area contributed by atoms with Gasteiger partial charge in [0.2, 0.25) is 0 Å². The van der Waals surface area contributed by atoms with Crippen LogP contribution in [0.2, 0.25) is 0 Å². The van der Waals surface area contributed by atoms with Crippen molar-refractivity contribution in [1.29, 1.82) is 0 Å². The molecular formula is C11H9BrFN3OS. The van der Waals surface area contributed by atoms with Gasteiger partial charge in [-0.25, -0.2) is 9.37 Å². The van der Waals surface area contributed by atoms with Crippen molar-refractivity contribution in [1.82, 2.24) is 4.98 Å². The topological polar surface area (TPSA) is 68.0 Å². The van der Waals surface area contributed by atoms with Crippen molar-refractivity contribution in [3.63, 3.8) is 0 Å². The van der Waals surface area contributed by atoms with E-state index in [9.17, 15) is 9.18 Å². The second-order valence-electron chi connectivity index (χ2n) is 3.41. The Balaban J connectivity index is 2.16. The van der Waals surface area contributed by atoms with Gasteiger partial charge in [0.15, 0.2) is 0 Å². The van der Waals surface area contributed by atoms with Crippen molar-refractivity contribution >= 4 is 38.9 Å². The van der Waals surface area contributed by atoms with Crippen LogP contribution in [-0.4, -0.2) is 10.9 Å². The quantitative estimate of drug-likeness (QED) is 0.909. The maximum atomic E-state index is 12.9. The number of hydrogen-bond acceptors (Lipinski definition) is 4. The molecular weight excluding hydrogens is 321 g/mol. The highest BCUT2D eigenvalue weighted by molar-refractivity contribution is 9.10. The third kappa shape index (κ3) is 2.92. The van der Waals surface area contributed by atoms with Gasteiger partial charge >= 0.3 is 0 Å². The van der Waals surface area contributed by atoms with Gasteiger partial charge in [0, 0.05) is 16.4 Å².